The molecule has 25 heavy (non-hydrogen) atoms. The molecule has 2 amide bonds. The molecule has 0 saturated heterocycles. The number of rotatable bonds is 1. The van der Waals surface area contributed by atoms with Crippen molar-refractivity contribution in [3.05, 3.63) is 22.8 Å². The van der Waals surface area contributed by atoms with Crippen molar-refractivity contribution in [1.29, 1.82) is 0 Å². The number of nitrogens with one attached hydrogen (secondary N) is 2. The number of hydrogen-bond donors (Lipinski definition) is 5. The lowest BCUT2D eigenvalue weighted by molar-refractivity contribution is -0.123. The number of amides is 2. The van der Waals surface area contributed by atoms with Crippen LogP contribution >= 0.6 is 11.8 Å². The van der Waals surface area contributed by atoms with Gasteiger partial charge < -0.3 is 30.7 Å². The number of esters is 1. The Bertz CT molecular complexity index is 708. The van der Waals surface area contributed by atoms with Gasteiger partial charge in [0.15, 0.2) is 0 Å². The Labute approximate surface area is 147 Å². The smallest absolute Gasteiger partial charge is 0.405 e. The van der Waals surface area contributed by atoms with Crippen molar-refractivity contribution in [1.82, 2.24) is 10.6 Å². The zero-order chi connectivity index (χ0) is 18.6. The van der Waals surface area contributed by atoms with Crippen molar-refractivity contribution in [2.24, 2.45) is 0 Å². The van der Waals surface area contributed by atoms with Gasteiger partial charge in [-0.25, -0.2) is 9.59 Å². The van der Waals surface area contributed by atoms with E-state index in [-0.39, 0.29) is 34.9 Å². The summed E-state index contributed by atoms with van der Waals surface area (Å²) in [6.07, 6.45) is -1.43. The number of ether oxygens (including phenoxy) is 1. The molecule has 0 unspecified atom stereocenters. The van der Waals surface area contributed by atoms with Crippen LogP contribution in [-0.2, 0) is 15.3 Å². The second kappa shape index (κ2) is 7.97. The number of fused-ring (bicyclic) bond motifs is 1. The molecule has 0 saturated carbocycles. The summed E-state index contributed by atoms with van der Waals surface area (Å²) in [5.74, 6) is -1.19. The second-order valence-corrected chi connectivity index (χ2v) is 6.44. The Balaban J connectivity index is 2.36. The van der Waals surface area contributed by atoms with E-state index in [9.17, 15) is 24.6 Å². The van der Waals surface area contributed by atoms with Crippen LogP contribution in [0.2, 0.25) is 0 Å². The molecule has 10 heteroatoms. The Morgan fingerprint density at radius 3 is 2.76 bits per heavy atom. The third kappa shape index (κ3) is 4.47. The number of carbonyl (C=O) groups is 3. The van der Waals surface area contributed by atoms with E-state index in [0.717, 1.165) is 6.07 Å². The first-order valence-electron chi connectivity index (χ1n) is 7.37. The molecule has 0 fully saturated rings. The second-order valence-electron chi connectivity index (χ2n) is 5.34. The quantitative estimate of drug-likeness (QED) is 0.451. The first kappa shape index (κ1) is 18.7. The number of hydrogen-bond acceptors (Lipinski definition) is 7. The molecule has 0 bridgehead atoms. The molecule has 1 aliphatic rings. The number of benzene rings is 1. The van der Waals surface area contributed by atoms with E-state index >= 15 is 0 Å². The van der Waals surface area contributed by atoms with E-state index in [0.29, 0.717) is 11.3 Å². The minimum Gasteiger partial charge on any atom is -0.508 e. The van der Waals surface area contributed by atoms with E-state index in [4.69, 9.17) is 9.84 Å². The summed E-state index contributed by atoms with van der Waals surface area (Å²) in [5.41, 5.74) is 0.572. The third-order valence-corrected chi connectivity index (χ3v) is 4.62. The monoisotopic (exact) mass is 370 g/mol. The molecule has 1 aliphatic heterocycles. The molecule has 0 spiro atoms. The number of aromatic hydroxyl groups is 2. The lowest BCUT2D eigenvalue weighted by Gasteiger charge is -2.20. The topological polar surface area (TPSA) is 145 Å². The van der Waals surface area contributed by atoms with Crippen molar-refractivity contribution in [3.8, 4) is 11.5 Å². The van der Waals surface area contributed by atoms with E-state index in [1.165, 1.54) is 18.7 Å². The molecule has 2 rings (SSSR count). The van der Waals surface area contributed by atoms with Crippen LogP contribution in [0.3, 0.4) is 0 Å². The minimum absolute atomic E-state index is 0.0139. The maximum Gasteiger partial charge on any atom is 0.405 e. The van der Waals surface area contributed by atoms with Gasteiger partial charge in [0, 0.05) is 35.2 Å². The number of thioether (sulfide) groups is 1. The summed E-state index contributed by atoms with van der Waals surface area (Å²) in [6.45, 7) is 1.27. The van der Waals surface area contributed by atoms with Gasteiger partial charge in [-0.2, -0.15) is 11.8 Å². The molecular formula is C15H18N2O7S. The van der Waals surface area contributed by atoms with Crippen molar-refractivity contribution >= 4 is 29.7 Å². The maximum absolute atomic E-state index is 12.4. The van der Waals surface area contributed by atoms with Gasteiger partial charge in [-0.05, 0) is 6.92 Å². The molecular weight excluding hydrogens is 352 g/mol. The molecule has 0 aromatic heterocycles. The summed E-state index contributed by atoms with van der Waals surface area (Å²) < 4.78 is 5.06. The normalized spacial score (nSPS) is 18.8. The van der Waals surface area contributed by atoms with Crippen molar-refractivity contribution in [2.75, 3.05) is 18.9 Å². The largest absolute Gasteiger partial charge is 0.508 e. The molecule has 5 N–H and O–H groups in total. The summed E-state index contributed by atoms with van der Waals surface area (Å²) in [5, 5.41) is 33.3. The SMILES string of the molecule is Cc1c(O)cc(O)c2c1C(=O)OC[C@H](NC(=O)O)C(=O)NCCSC2. The summed E-state index contributed by atoms with van der Waals surface area (Å²) in [6, 6.07) is -0.106. The van der Waals surface area contributed by atoms with Crippen molar-refractivity contribution < 1.29 is 34.4 Å². The van der Waals surface area contributed by atoms with Crippen LogP contribution in [0.1, 0.15) is 21.5 Å². The number of cyclic esters (lactones) is 1. The number of phenolic OH excluding ortho intramolecular Hbond substituents is 2. The average molecular weight is 370 g/mol. The van der Waals surface area contributed by atoms with Crippen molar-refractivity contribution in [2.45, 2.75) is 18.7 Å². The van der Waals surface area contributed by atoms with Crippen LogP contribution in [0.4, 0.5) is 4.79 Å². The van der Waals surface area contributed by atoms with E-state index in [1.54, 1.807) is 0 Å². The Kier molecular flexibility index (Phi) is 5.97. The first-order valence-corrected chi connectivity index (χ1v) is 8.53. The fraction of sp³-hybridized carbons (Fsp3) is 0.400. The van der Waals surface area contributed by atoms with Gasteiger partial charge in [0.1, 0.15) is 24.1 Å². The Morgan fingerprint density at radius 1 is 1.36 bits per heavy atom. The molecule has 1 aromatic carbocycles. The third-order valence-electron chi connectivity index (χ3n) is 3.64. The molecule has 1 atom stereocenters. The Morgan fingerprint density at radius 2 is 2.08 bits per heavy atom. The lowest BCUT2D eigenvalue weighted by Crippen LogP contribution is -2.49. The van der Waals surface area contributed by atoms with Gasteiger partial charge in [0.2, 0.25) is 5.91 Å². The van der Waals surface area contributed by atoms with Gasteiger partial charge in [0.05, 0.1) is 5.56 Å². The van der Waals surface area contributed by atoms with E-state index in [1.807, 2.05) is 5.32 Å². The highest BCUT2D eigenvalue weighted by Crippen LogP contribution is 2.34. The number of carboxylic acid groups (broad SMARTS) is 1. The van der Waals surface area contributed by atoms with Crippen LogP contribution < -0.4 is 10.6 Å². The number of carbonyl (C=O) groups excluding carboxylic acids is 2. The fourth-order valence-electron chi connectivity index (χ4n) is 2.34. The number of phenols is 2. The predicted molar refractivity (Wildman–Crippen MR) is 88.9 cm³/mol. The highest BCUT2D eigenvalue weighted by Gasteiger charge is 2.27. The molecule has 136 valence electrons. The van der Waals surface area contributed by atoms with Gasteiger partial charge in [-0.15, -0.1) is 0 Å². The highest BCUT2D eigenvalue weighted by molar-refractivity contribution is 7.98. The highest BCUT2D eigenvalue weighted by atomic mass is 32.2. The molecule has 9 nitrogen and oxygen atoms in total. The molecule has 1 heterocycles. The van der Waals surface area contributed by atoms with E-state index in [2.05, 4.69) is 5.32 Å². The van der Waals surface area contributed by atoms with Crippen LogP contribution in [-0.4, -0.2) is 58.2 Å². The molecule has 0 aliphatic carbocycles. The van der Waals surface area contributed by atoms with Gasteiger partial charge in [-0.1, -0.05) is 0 Å². The lowest BCUT2D eigenvalue weighted by atomic mass is 10.0. The minimum atomic E-state index is -1.43. The van der Waals surface area contributed by atoms with Crippen LogP contribution in [0.25, 0.3) is 0 Å². The van der Waals surface area contributed by atoms with Gasteiger partial charge >= 0.3 is 12.1 Å². The summed E-state index contributed by atoms with van der Waals surface area (Å²) in [4.78, 5) is 35.2. The maximum atomic E-state index is 12.4. The average Bonchev–Trinajstić information content (AvgIpc) is 2.53. The zero-order valence-electron chi connectivity index (χ0n) is 13.4. The van der Waals surface area contributed by atoms with Gasteiger partial charge in [0.25, 0.3) is 0 Å². The molecule has 1 aromatic rings. The van der Waals surface area contributed by atoms with Crippen molar-refractivity contribution in [3.63, 3.8) is 0 Å². The van der Waals surface area contributed by atoms with Gasteiger partial charge in [-0.3, -0.25) is 4.79 Å². The fourth-order valence-corrected chi connectivity index (χ4v) is 3.22. The Hall–Kier alpha value is -2.62. The zero-order valence-corrected chi connectivity index (χ0v) is 14.2. The van der Waals surface area contributed by atoms with Crippen LogP contribution in [0, 0.1) is 6.92 Å². The first-order chi connectivity index (χ1) is 11.8. The summed E-state index contributed by atoms with van der Waals surface area (Å²) in [7, 11) is 0. The van der Waals surface area contributed by atoms with Crippen LogP contribution in [0.5, 0.6) is 11.5 Å². The molecule has 0 radical (unpaired) electrons. The standard InChI is InChI=1S/C15H18N2O7S/c1-7-10(18)4-11(19)8-6-25-3-2-16-13(20)9(17-15(22)23)5-24-14(21)12(7)8/h4,9,17-19H,2-3,5-6H2,1H3,(H,16,20)(H,22,23)/t9-/m0/s1. The van der Waals surface area contributed by atoms with E-state index < -0.39 is 30.6 Å². The predicted octanol–water partition coefficient (Wildman–Crippen LogP) is 0.562. The summed E-state index contributed by atoms with van der Waals surface area (Å²) >= 11 is 1.36. The van der Waals surface area contributed by atoms with Crippen LogP contribution in [0.15, 0.2) is 6.07 Å².